The molecule has 2 nitrogen and oxygen atoms in total. The summed E-state index contributed by atoms with van der Waals surface area (Å²) in [6, 6.07) is 5.86. The van der Waals surface area contributed by atoms with Gasteiger partial charge < -0.3 is 10.2 Å². The Morgan fingerprint density at radius 2 is 2.18 bits per heavy atom. The van der Waals surface area contributed by atoms with E-state index < -0.39 is 0 Å². The quantitative estimate of drug-likeness (QED) is 0.831. The normalized spacial score (nSPS) is 25.8. The van der Waals surface area contributed by atoms with Gasteiger partial charge in [0.15, 0.2) is 0 Å². The number of benzene rings is 1. The topological polar surface area (TPSA) is 15.3 Å². The van der Waals surface area contributed by atoms with Crippen LogP contribution in [0.15, 0.2) is 18.2 Å². The highest BCUT2D eigenvalue weighted by Crippen LogP contribution is 2.25. The molecule has 0 radical (unpaired) electrons. The van der Waals surface area contributed by atoms with E-state index in [1.165, 1.54) is 6.07 Å². The van der Waals surface area contributed by atoms with Crippen LogP contribution >= 0.6 is 11.6 Å². The van der Waals surface area contributed by atoms with Gasteiger partial charge in [-0.25, -0.2) is 4.39 Å². The summed E-state index contributed by atoms with van der Waals surface area (Å²) in [6.45, 7) is 6.27. The van der Waals surface area contributed by atoms with Crippen molar-refractivity contribution in [2.75, 3.05) is 18.0 Å². The van der Waals surface area contributed by atoms with E-state index in [-0.39, 0.29) is 10.8 Å². The van der Waals surface area contributed by atoms with Crippen molar-refractivity contribution in [3.63, 3.8) is 0 Å². The van der Waals surface area contributed by atoms with Crippen molar-refractivity contribution in [3.05, 3.63) is 29.0 Å². The fourth-order valence-corrected chi connectivity index (χ4v) is 2.36. The molecule has 0 spiro atoms. The molecule has 0 aliphatic carbocycles. The molecule has 1 heterocycles. The lowest BCUT2D eigenvalue weighted by atomic mass is 10.2. The largest absolute Gasteiger partial charge is 0.367 e. The summed E-state index contributed by atoms with van der Waals surface area (Å²) in [7, 11) is 0. The van der Waals surface area contributed by atoms with Crippen LogP contribution in [0.1, 0.15) is 20.3 Å². The molecule has 94 valence electrons. The summed E-state index contributed by atoms with van der Waals surface area (Å²) in [4.78, 5) is 2.28. The Kier molecular flexibility index (Phi) is 3.89. The second-order valence-electron chi connectivity index (χ2n) is 4.74. The number of hydrogen-bond acceptors (Lipinski definition) is 2. The molecule has 17 heavy (non-hydrogen) atoms. The molecule has 1 aromatic rings. The van der Waals surface area contributed by atoms with Gasteiger partial charge in [0, 0.05) is 30.9 Å². The predicted molar refractivity (Wildman–Crippen MR) is 70.3 cm³/mol. The highest BCUT2D eigenvalue weighted by atomic mass is 35.5. The van der Waals surface area contributed by atoms with Crippen molar-refractivity contribution in [1.82, 2.24) is 5.32 Å². The van der Waals surface area contributed by atoms with Crippen LogP contribution in [0.2, 0.25) is 5.02 Å². The lowest BCUT2D eigenvalue weighted by Crippen LogP contribution is -2.37. The van der Waals surface area contributed by atoms with Crippen molar-refractivity contribution in [3.8, 4) is 0 Å². The Bertz CT molecular complexity index is 397. The predicted octanol–water partition coefficient (Wildman–Crippen LogP) is 3.06. The van der Waals surface area contributed by atoms with E-state index in [0.29, 0.717) is 12.1 Å². The summed E-state index contributed by atoms with van der Waals surface area (Å²) in [5.41, 5.74) is 1.000. The van der Waals surface area contributed by atoms with Crippen LogP contribution in [0.5, 0.6) is 0 Å². The van der Waals surface area contributed by atoms with Gasteiger partial charge in [-0.05, 0) is 38.5 Å². The van der Waals surface area contributed by atoms with Gasteiger partial charge in [0.05, 0.1) is 5.02 Å². The van der Waals surface area contributed by atoms with Gasteiger partial charge in [-0.2, -0.15) is 0 Å². The third-order valence-electron chi connectivity index (χ3n) is 3.33. The van der Waals surface area contributed by atoms with Crippen LogP contribution < -0.4 is 10.2 Å². The number of hydrogen-bond donors (Lipinski definition) is 1. The lowest BCUT2D eigenvalue weighted by Gasteiger charge is -2.29. The number of nitrogens with one attached hydrogen (secondary N) is 1. The third kappa shape index (κ3) is 2.90. The van der Waals surface area contributed by atoms with Crippen molar-refractivity contribution in [1.29, 1.82) is 0 Å². The Morgan fingerprint density at radius 1 is 1.41 bits per heavy atom. The zero-order valence-corrected chi connectivity index (χ0v) is 11.0. The maximum atomic E-state index is 13.1. The first-order chi connectivity index (χ1) is 8.08. The van der Waals surface area contributed by atoms with Gasteiger partial charge >= 0.3 is 0 Å². The zero-order chi connectivity index (χ0) is 12.4. The number of halogens is 2. The van der Waals surface area contributed by atoms with Gasteiger partial charge in [-0.1, -0.05) is 11.6 Å². The van der Waals surface area contributed by atoms with Crippen molar-refractivity contribution >= 4 is 17.3 Å². The molecule has 0 bridgehead atoms. The third-order valence-corrected chi connectivity index (χ3v) is 3.62. The number of nitrogens with zero attached hydrogens (tertiary/aromatic N) is 1. The summed E-state index contributed by atoms with van der Waals surface area (Å²) >= 11 is 5.83. The van der Waals surface area contributed by atoms with Gasteiger partial charge in [-0.3, -0.25) is 0 Å². The first-order valence-electron chi connectivity index (χ1n) is 6.03. The number of anilines is 1. The van der Waals surface area contributed by atoms with Crippen molar-refractivity contribution in [2.45, 2.75) is 32.4 Å². The van der Waals surface area contributed by atoms with Gasteiger partial charge in [0.25, 0.3) is 0 Å². The van der Waals surface area contributed by atoms with E-state index in [1.807, 2.05) is 0 Å². The molecule has 1 fully saturated rings. The molecule has 0 amide bonds. The summed E-state index contributed by atoms with van der Waals surface area (Å²) < 4.78 is 13.1. The first-order valence-corrected chi connectivity index (χ1v) is 6.41. The van der Waals surface area contributed by atoms with Crippen LogP contribution in [0.25, 0.3) is 0 Å². The van der Waals surface area contributed by atoms with Crippen molar-refractivity contribution in [2.24, 2.45) is 0 Å². The highest BCUT2D eigenvalue weighted by Gasteiger charge is 2.20. The van der Waals surface area contributed by atoms with E-state index in [2.05, 4.69) is 24.1 Å². The Morgan fingerprint density at radius 3 is 2.88 bits per heavy atom. The highest BCUT2D eigenvalue weighted by molar-refractivity contribution is 6.31. The van der Waals surface area contributed by atoms with E-state index in [4.69, 9.17) is 11.6 Å². The van der Waals surface area contributed by atoms with E-state index in [1.54, 1.807) is 12.1 Å². The fourth-order valence-electron chi connectivity index (χ4n) is 2.18. The molecule has 2 atom stereocenters. The molecular weight excluding hydrogens is 239 g/mol. The molecule has 2 unspecified atom stereocenters. The molecule has 1 aliphatic heterocycles. The smallest absolute Gasteiger partial charge is 0.141 e. The fraction of sp³-hybridized carbons (Fsp3) is 0.538. The summed E-state index contributed by atoms with van der Waals surface area (Å²) in [5.74, 6) is -0.357. The minimum absolute atomic E-state index is 0.194. The maximum absolute atomic E-state index is 13.1. The lowest BCUT2D eigenvalue weighted by molar-refractivity contribution is 0.548. The van der Waals surface area contributed by atoms with Crippen LogP contribution in [0.3, 0.4) is 0 Å². The molecule has 1 saturated heterocycles. The van der Waals surface area contributed by atoms with Crippen molar-refractivity contribution < 1.29 is 4.39 Å². The minimum atomic E-state index is -0.357. The van der Waals surface area contributed by atoms with Gasteiger partial charge in [0.2, 0.25) is 0 Å². The average molecular weight is 257 g/mol. The monoisotopic (exact) mass is 256 g/mol. The van der Waals surface area contributed by atoms with Crippen LogP contribution in [0, 0.1) is 5.82 Å². The molecule has 0 aromatic heterocycles. The maximum Gasteiger partial charge on any atom is 0.141 e. The van der Waals surface area contributed by atoms with E-state index in [0.717, 1.165) is 25.2 Å². The van der Waals surface area contributed by atoms with Crippen LogP contribution in [0.4, 0.5) is 10.1 Å². The van der Waals surface area contributed by atoms with Crippen LogP contribution in [-0.2, 0) is 0 Å². The Balaban J connectivity index is 2.22. The van der Waals surface area contributed by atoms with E-state index >= 15 is 0 Å². The second-order valence-corrected chi connectivity index (χ2v) is 5.15. The molecule has 1 aromatic carbocycles. The summed E-state index contributed by atoms with van der Waals surface area (Å²) in [6.07, 6.45) is 1.08. The van der Waals surface area contributed by atoms with Crippen LogP contribution in [-0.4, -0.2) is 25.2 Å². The number of rotatable bonds is 1. The molecule has 1 aliphatic rings. The molecule has 1 N–H and O–H groups in total. The minimum Gasteiger partial charge on any atom is -0.367 e. The first kappa shape index (κ1) is 12.7. The molecular formula is C13H18ClFN2. The SMILES string of the molecule is CC1CCN(c2ccc(F)c(Cl)c2)C(C)CN1. The Labute approximate surface area is 107 Å². The average Bonchev–Trinajstić information content (AvgIpc) is 2.46. The van der Waals surface area contributed by atoms with Gasteiger partial charge in [0.1, 0.15) is 5.82 Å². The standard InChI is InChI=1S/C13H18ClFN2/c1-9-5-6-17(10(2)8-16-9)11-3-4-13(15)12(14)7-11/h3-4,7,9-10,16H,5-6,8H2,1-2H3. The molecule has 4 heteroatoms. The second kappa shape index (κ2) is 5.23. The molecule has 2 rings (SSSR count). The zero-order valence-electron chi connectivity index (χ0n) is 10.2. The van der Waals surface area contributed by atoms with Gasteiger partial charge in [-0.15, -0.1) is 0 Å². The Hall–Kier alpha value is -0.800. The van der Waals surface area contributed by atoms with E-state index in [9.17, 15) is 4.39 Å². The summed E-state index contributed by atoms with van der Waals surface area (Å²) in [5, 5.41) is 3.67. The molecule has 0 saturated carbocycles.